The Morgan fingerprint density at radius 1 is 1.61 bits per heavy atom. The van der Waals surface area contributed by atoms with Gasteiger partial charge in [0.1, 0.15) is 5.82 Å². The maximum Gasteiger partial charge on any atom is 0.254 e. The zero-order valence-corrected chi connectivity index (χ0v) is 11.7. The minimum Gasteiger partial charge on any atom is -0.394 e. The van der Waals surface area contributed by atoms with Crippen molar-refractivity contribution in [2.24, 2.45) is 5.92 Å². The fourth-order valence-electron chi connectivity index (χ4n) is 2.33. The summed E-state index contributed by atoms with van der Waals surface area (Å²) in [6.45, 7) is 2.57. The summed E-state index contributed by atoms with van der Waals surface area (Å²) in [5.74, 6) is -0.391. The molecule has 0 saturated carbocycles. The van der Waals surface area contributed by atoms with Gasteiger partial charge in [-0.2, -0.15) is 0 Å². The molecule has 0 radical (unpaired) electrons. The van der Waals surface area contributed by atoms with Crippen LogP contribution in [0.15, 0.2) is 22.7 Å². The molecule has 1 aromatic carbocycles. The van der Waals surface area contributed by atoms with Gasteiger partial charge in [-0.15, -0.1) is 0 Å². The molecule has 0 aliphatic carbocycles. The average molecular weight is 316 g/mol. The zero-order chi connectivity index (χ0) is 13.3. The summed E-state index contributed by atoms with van der Waals surface area (Å²) < 4.78 is 13.8. The fraction of sp³-hybridized carbons (Fsp3) is 0.462. The van der Waals surface area contributed by atoms with Crippen LogP contribution in [0.5, 0.6) is 0 Å². The van der Waals surface area contributed by atoms with Crippen molar-refractivity contribution in [1.82, 2.24) is 4.90 Å². The topological polar surface area (TPSA) is 40.5 Å². The Labute approximate surface area is 114 Å². The Morgan fingerprint density at radius 3 is 2.94 bits per heavy atom. The second kappa shape index (κ2) is 5.36. The minimum atomic E-state index is -0.450. The molecule has 1 saturated heterocycles. The number of rotatable bonds is 2. The van der Waals surface area contributed by atoms with Crippen LogP contribution in [-0.2, 0) is 0 Å². The fourth-order valence-corrected chi connectivity index (χ4v) is 2.58. The molecule has 1 heterocycles. The predicted octanol–water partition coefficient (Wildman–Crippen LogP) is 2.43. The van der Waals surface area contributed by atoms with Crippen LogP contribution in [0.25, 0.3) is 0 Å². The predicted molar refractivity (Wildman–Crippen MR) is 69.8 cm³/mol. The first-order valence-electron chi connectivity index (χ1n) is 5.91. The van der Waals surface area contributed by atoms with Crippen molar-refractivity contribution >= 4 is 21.8 Å². The Bertz CT molecular complexity index is 466. The van der Waals surface area contributed by atoms with Crippen LogP contribution >= 0.6 is 15.9 Å². The first kappa shape index (κ1) is 13.5. The summed E-state index contributed by atoms with van der Waals surface area (Å²) in [6, 6.07) is 4.18. The lowest BCUT2D eigenvalue weighted by atomic mass is 10.0. The van der Waals surface area contributed by atoms with Crippen LogP contribution < -0.4 is 0 Å². The standard InChI is InChI=1S/C13H15BrFNO2/c1-8-4-5-16(12(8)7-17)13(18)9-2-3-10(14)11(15)6-9/h2-3,6,8,12,17H,4-5,7H2,1H3. The van der Waals surface area contributed by atoms with Gasteiger partial charge in [-0.05, 0) is 46.5 Å². The second-order valence-electron chi connectivity index (χ2n) is 4.64. The van der Waals surface area contributed by atoms with Gasteiger partial charge in [0.05, 0.1) is 17.1 Å². The molecule has 1 N–H and O–H groups in total. The molecule has 2 rings (SSSR count). The van der Waals surface area contributed by atoms with Crippen LogP contribution in [0.2, 0.25) is 0 Å². The SMILES string of the molecule is CC1CCN(C(=O)c2ccc(Br)c(F)c2)C1CO. The van der Waals surface area contributed by atoms with Crippen molar-refractivity contribution in [1.29, 1.82) is 0 Å². The highest BCUT2D eigenvalue weighted by molar-refractivity contribution is 9.10. The van der Waals surface area contributed by atoms with Gasteiger partial charge in [0, 0.05) is 12.1 Å². The Balaban J connectivity index is 2.23. The summed E-state index contributed by atoms with van der Waals surface area (Å²) >= 11 is 3.06. The van der Waals surface area contributed by atoms with E-state index in [-0.39, 0.29) is 24.5 Å². The highest BCUT2D eigenvalue weighted by atomic mass is 79.9. The number of benzene rings is 1. The maximum atomic E-state index is 13.4. The Hall–Kier alpha value is -0.940. The molecule has 2 unspecified atom stereocenters. The molecule has 0 spiro atoms. The third-order valence-electron chi connectivity index (χ3n) is 3.50. The molecule has 1 aliphatic heterocycles. The van der Waals surface area contributed by atoms with Gasteiger partial charge in [-0.1, -0.05) is 6.92 Å². The molecule has 5 heteroatoms. The quantitative estimate of drug-likeness (QED) is 0.910. The van der Waals surface area contributed by atoms with Gasteiger partial charge in [-0.25, -0.2) is 4.39 Å². The smallest absolute Gasteiger partial charge is 0.254 e. The molecule has 0 bridgehead atoms. The molecule has 1 aliphatic rings. The summed E-state index contributed by atoms with van der Waals surface area (Å²) in [7, 11) is 0. The number of amides is 1. The van der Waals surface area contributed by atoms with Gasteiger partial charge >= 0.3 is 0 Å². The monoisotopic (exact) mass is 315 g/mol. The van der Waals surface area contributed by atoms with E-state index >= 15 is 0 Å². The summed E-state index contributed by atoms with van der Waals surface area (Å²) in [5.41, 5.74) is 0.322. The lowest BCUT2D eigenvalue weighted by Crippen LogP contribution is -2.39. The lowest BCUT2D eigenvalue weighted by molar-refractivity contribution is 0.0647. The van der Waals surface area contributed by atoms with E-state index in [0.29, 0.717) is 16.6 Å². The van der Waals surface area contributed by atoms with Crippen molar-refractivity contribution in [2.75, 3.05) is 13.2 Å². The van der Waals surface area contributed by atoms with Gasteiger partial charge in [0.25, 0.3) is 5.91 Å². The van der Waals surface area contributed by atoms with Crippen molar-refractivity contribution in [3.63, 3.8) is 0 Å². The number of hydrogen-bond acceptors (Lipinski definition) is 2. The number of nitrogens with zero attached hydrogens (tertiary/aromatic N) is 1. The van der Waals surface area contributed by atoms with Gasteiger partial charge < -0.3 is 10.0 Å². The van der Waals surface area contributed by atoms with E-state index in [4.69, 9.17) is 0 Å². The maximum absolute atomic E-state index is 13.4. The summed E-state index contributed by atoms with van der Waals surface area (Å²) in [4.78, 5) is 13.9. The van der Waals surface area contributed by atoms with E-state index < -0.39 is 5.82 Å². The molecule has 2 atom stereocenters. The highest BCUT2D eigenvalue weighted by Crippen LogP contribution is 2.26. The molecule has 1 amide bonds. The minimum absolute atomic E-state index is 0.0497. The summed E-state index contributed by atoms with van der Waals surface area (Å²) in [6.07, 6.45) is 0.871. The number of likely N-dealkylation sites (tertiary alicyclic amines) is 1. The van der Waals surface area contributed by atoms with Crippen LogP contribution in [0.3, 0.4) is 0 Å². The Morgan fingerprint density at radius 2 is 2.33 bits per heavy atom. The number of aliphatic hydroxyl groups is 1. The number of halogens is 2. The van der Waals surface area contributed by atoms with Gasteiger partial charge in [0.2, 0.25) is 0 Å². The van der Waals surface area contributed by atoms with E-state index in [1.165, 1.54) is 12.1 Å². The van der Waals surface area contributed by atoms with Gasteiger partial charge in [-0.3, -0.25) is 4.79 Å². The molecular weight excluding hydrogens is 301 g/mol. The van der Waals surface area contributed by atoms with E-state index in [2.05, 4.69) is 15.9 Å². The van der Waals surface area contributed by atoms with Crippen LogP contribution in [0.1, 0.15) is 23.7 Å². The van der Waals surface area contributed by atoms with E-state index in [9.17, 15) is 14.3 Å². The second-order valence-corrected chi connectivity index (χ2v) is 5.50. The zero-order valence-electron chi connectivity index (χ0n) is 10.1. The van der Waals surface area contributed by atoms with E-state index in [1.807, 2.05) is 6.92 Å². The highest BCUT2D eigenvalue weighted by Gasteiger charge is 2.34. The van der Waals surface area contributed by atoms with Crippen LogP contribution in [-0.4, -0.2) is 35.1 Å². The normalized spacial score (nSPS) is 23.4. The molecule has 18 heavy (non-hydrogen) atoms. The number of hydrogen-bond donors (Lipinski definition) is 1. The molecule has 1 fully saturated rings. The molecular formula is C13H15BrFNO2. The molecule has 0 aromatic heterocycles. The number of carbonyl (C=O) groups excluding carboxylic acids is 1. The van der Waals surface area contributed by atoms with Crippen molar-refractivity contribution in [3.05, 3.63) is 34.1 Å². The average Bonchev–Trinajstić information content (AvgIpc) is 2.73. The lowest BCUT2D eigenvalue weighted by Gasteiger charge is -2.25. The first-order valence-corrected chi connectivity index (χ1v) is 6.70. The Kier molecular flexibility index (Phi) is 4.02. The molecule has 3 nitrogen and oxygen atoms in total. The third-order valence-corrected chi connectivity index (χ3v) is 4.14. The van der Waals surface area contributed by atoms with E-state index in [0.717, 1.165) is 6.42 Å². The largest absolute Gasteiger partial charge is 0.394 e. The number of aliphatic hydroxyl groups excluding tert-OH is 1. The van der Waals surface area contributed by atoms with Crippen LogP contribution in [0.4, 0.5) is 4.39 Å². The van der Waals surface area contributed by atoms with E-state index in [1.54, 1.807) is 11.0 Å². The van der Waals surface area contributed by atoms with Crippen molar-refractivity contribution in [2.45, 2.75) is 19.4 Å². The molecule has 1 aromatic rings. The van der Waals surface area contributed by atoms with Crippen LogP contribution in [0, 0.1) is 11.7 Å². The van der Waals surface area contributed by atoms with Gasteiger partial charge in [0.15, 0.2) is 0 Å². The third kappa shape index (κ3) is 2.42. The van der Waals surface area contributed by atoms with Crippen molar-refractivity contribution < 1.29 is 14.3 Å². The van der Waals surface area contributed by atoms with Crippen molar-refractivity contribution in [3.8, 4) is 0 Å². The molecule has 98 valence electrons. The first-order chi connectivity index (χ1) is 8.54. The number of carbonyl (C=O) groups is 1. The summed E-state index contributed by atoms with van der Waals surface area (Å²) in [5, 5.41) is 9.33.